The average molecular weight is 296 g/mol. The molecule has 118 valence electrons. The first-order chi connectivity index (χ1) is 9.62. The van der Waals surface area contributed by atoms with Gasteiger partial charge >= 0.3 is 12.0 Å². The quantitative estimate of drug-likeness (QED) is 0.906. The number of furan rings is 1. The predicted octanol–water partition coefficient (Wildman–Crippen LogP) is 2.72. The summed E-state index contributed by atoms with van der Waals surface area (Å²) in [4.78, 5) is 26.5. The maximum Gasteiger partial charge on any atom is 0.320 e. The van der Waals surface area contributed by atoms with E-state index in [4.69, 9.17) is 9.52 Å². The third-order valence-corrected chi connectivity index (χ3v) is 3.29. The lowest BCUT2D eigenvalue weighted by Gasteiger charge is -2.38. The highest BCUT2D eigenvalue weighted by molar-refractivity contribution is 5.76. The second-order valence-corrected chi connectivity index (χ2v) is 6.11. The van der Waals surface area contributed by atoms with Crippen molar-refractivity contribution in [1.29, 1.82) is 0 Å². The first kappa shape index (κ1) is 17.1. The summed E-state index contributed by atoms with van der Waals surface area (Å²) in [6.07, 6.45) is 1.52. The minimum Gasteiger partial charge on any atom is -0.481 e. The molecule has 1 heterocycles. The number of urea groups is 1. The molecule has 6 heteroatoms. The molecule has 0 radical (unpaired) electrons. The topological polar surface area (TPSA) is 74.0 Å². The van der Waals surface area contributed by atoms with E-state index in [-0.39, 0.29) is 19.0 Å². The Morgan fingerprint density at radius 2 is 1.95 bits per heavy atom. The first-order valence-corrected chi connectivity index (χ1v) is 6.90. The molecule has 0 bridgehead atoms. The van der Waals surface area contributed by atoms with E-state index in [1.165, 1.54) is 0 Å². The van der Waals surface area contributed by atoms with Crippen molar-refractivity contribution in [2.45, 2.75) is 46.2 Å². The van der Waals surface area contributed by atoms with E-state index >= 15 is 0 Å². The lowest BCUT2D eigenvalue weighted by molar-refractivity contribution is -0.137. The number of carboxylic acid groups (broad SMARTS) is 1. The number of carbonyl (C=O) groups is 2. The standard InChI is InChI=1S/C15H24N2O4/c1-11-12(7-9-21-11)10-16(5)14(20)17(15(2,3)4)8-6-13(18)19/h7,9H,6,8,10H2,1-5H3,(H,18,19). The van der Waals surface area contributed by atoms with Crippen LogP contribution in [0.4, 0.5) is 4.79 Å². The highest BCUT2D eigenvalue weighted by Gasteiger charge is 2.29. The monoisotopic (exact) mass is 296 g/mol. The maximum atomic E-state index is 12.6. The third-order valence-electron chi connectivity index (χ3n) is 3.29. The van der Waals surface area contributed by atoms with Gasteiger partial charge in [0.05, 0.1) is 19.2 Å². The number of hydrogen-bond donors (Lipinski definition) is 1. The van der Waals surface area contributed by atoms with Crippen molar-refractivity contribution < 1.29 is 19.1 Å². The van der Waals surface area contributed by atoms with Crippen molar-refractivity contribution in [1.82, 2.24) is 9.80 Å². The van der Waals surface area contributed by atoms with Crippen molar-refractivity contribution >= 4 is 12.0 Å². The largest absolute Gasteiger partial charge is 0.481 e. The second kappa shape index (κ2) is 6.65. The van der Waals surface area contributed by atoms with Gasteiger partial charge in [-0.25, -0.2) is 4.79 Å². The zero-order valence-electron chi connectivity index (χ0n) is 13.3. The number of carboxylic acids is 1. The molecule has 1 rings (SSSR count). The van der Waals surface area contributed by atoms with Gasteiger partial charge < -0.3 is 19.3 Å². The molecule has 0 unspecified atom stereocenters. The fourth-order valence-corrected chi connectivity index (χ4v) is 2.03. The van der Waals surface area contributed by atoms with Crippen LogP contribution in [0.25, 0.3) is 0 Å². The van der Waals surface area contributed by atoms with E-state index in [9.17, 15) is 9.59 Å². The van der Waals surface area contributed by atoms with Crippen molar-refractivity contribution in [2.75, 3.05) is 13.6 Å². The van der Waals surface area contributed by atoms with Crippen LogP contribution in [0.5, 0.6) is 0 Å². The number of aryl methyl sites for hydroxylation is 1. The van der Waals surface area contributed by atoms with Crippen molar-refractivity contribution in [3.63, 3.8) is 0 Å². The van der Waals surface area contributed by atoms with Crippen molar-refractivity contribution in [3.8, 4) is 0 Å². The van der Waals surface area contributed by atoms with Gasteiger partial charge in [-0.3, -0.25) is 4.79 Å². The molecule has 0 aliphatic carbocycles. The van der Waals surface area contributed by atoms with E-state index < -0.39 is 11.5 Å². The molecule has 2 amide bonds. The second-order valence-electron chi connectivity index (χ2n) is 6.11. The van der Waals surface area contributed by atoms with Crippen LogP contribution in [0.15, 0.2) is 16.7 Å². The smallest absolute Gasteiger partial charge is 0.320 e. The summed E-state index contributed by atoms with van der Waals surface area (Å²) in [5.41, 5.74) is 0.504. The average Bonchev–Trinajstić information content (AvgIpc) is 2.72. The van der Waals surface area contributed by atoms with E-state index in [1.807, 2.05) is 33.8 Å². The molecule has 1 N–H and O–H groups in total. The Morgan fingerprint density at radius 1 is 1.33 bits per heavy atom. The van der Waals surface area contributed by atoms with E-state index in [2.05, 4.69) is 0 Å². The van der Waals surface area contributed by atoms with Gasteiger partial charge in [0.1, 0.15) is 5.76 Å². The molecular formula is C15H24N2O4. The zero-order valence-corrected chi connectivity index (χ0v) is 13.3. The van der Waals surface area contributed by atoms with Gasteiger partial charge in [-0.1, -0.05) is 0 Å². The summed E-state index contributed by atoms with van der Waals surface area (Å²) in [6, 6.07) is 1.64. The lowest BCUT2D eigenvalue weighted by atomic mass is 10.1. The van der Waals surface area contributed by atoms with Crippen LogP contribution in [0.3, 0.4) is 0 Å². The van der Waals surface area contributed by atoms with Gasteiger partial charge in [0.25, 0.3) is 0 Å². The third kappa shape index (κ3) is 4.81. The molecule has 0 aromatic carbocycles. The molecule has 0 fully saturated rings. The molecule has 6 nitrogen and oxygen atoms in total. The van der Waals surface area contributed by atoms with Gasteiger partial charge in [0, 0.05) is 24.7 Å². The Hall–Kier alpha value is -1.98. The molecule has 1 aromatic rings. The molecule has 0 aliphatic heterocycles. The molecule has 1 aromatic heterocycles. The summed E-state index contributed by atoms with van der Waals surface area (Å²) in [7, 11) is 1.70. The fraction of sp³-hybridized carbons (Fsp3) is 0.600. The van der Waals surface area contributed by atoms with Crippen molar-refractivity contribution in [3.05, 3.63) is 23.7 Å². The number of nitrogens with zero attached hydrogens (tertiary/aromatic N) is 2. The SMILES string of the molecule is Cc1occc1CN(C)C(=O)N(CCC(=O)O)C(C)(C)C. The van der Waals surface area contributed by atoms with Crippen molar-refractivity contribution in [2.24, 2.45) is 0 Å². The summed E-state index contributed by atoms with van der Waals surface area (Å²) in [6.45, 7) is 8.14. The van der Waals surface area contributed by atoms with E-state index in [0.29, 0.717) is 6.54 Å². The van der Waals surface area contributed by atoms with Crippen LogP contribution >= 0.6 is 0 Å². The minimum absolute atomic E-state index is 0.0679. The summed E-state index contributed by atoms with van der Waals surface area (Å²) < 4.78 is 5.22. The number of amides is 2. The highest BCUT2D eigenvalue weighted by Crippen LogP contribution is 2.18. The molecule has 0 saturated carbocycles. The fourth-order valence-electron chi connectivity index (χ4n) is 2.03. The Labute approximate surface area is 125 Å². The molecule has 0 aliphatic rings. The van der Waals surface area contributed by atoms with Gasteiger partial charge in [-0.2, -0.15) is 0 Å². The number of hydrogen-bond acceptors (Lipinski definition) is 3. The van der Waals surface area contributed by atoms with Gasteiger partial charge in [0.15, 0.2) is 0 Å². The normalized spacial score (nSPS) is 11.3. The van der Waals surface area contributed by atoms with Gasteiger partial charge in [0.2, 0.25) is 0 Å². The van der Waals surface area contributed by atoms with Gasteiger partial charge in [-0.15, -0.1) is 0 Å². The summed E-state index contributed by atoms with van der Waals surface area (Å²) in [5.74, 6) is -0.132. The Bertz CT molecular complexity index is 502. The number of aliphatic carboxylic acids is 1. The Kier molecular flexibility index (Phi) is 5.41. The van der Waals surface area contributed by atoms with E-state index in [1.54, 1.807) is 23.1 Å². The highest BCUT2D eigenvalue weighted by atomic mass is 16.4. The van der Waals surface area contributed by atoms with Crippen LogP contribution in [0.2, 0.25) is 0 Å². The van der Waals surface area contributed by atoms with Crippen LogP contribution in [-0.2, 0) is 11.3 Å². The molecule has 21 heavy (non-hydrogen) atoms. The molecular weight excluding hydrogens is 272 g/mol. The summed E-state index contributed by atoms with van der Waals surface area (Å²) in [5, 5.41) is 8.83. The van der Waals surface area contributed by atoms with Crippen LogP contribution in [0, 0.1) is 6.92 Å². The first-order valence-electron chi connectivity index (χ1n) is 6.90. The maximum absolute atomic E-state index is 12.6. The molecule has 0 atom stereocenters. The number of carbonyl (C=O) groups excluding carboxylic acids is 1. The Balaban J connectivity index is 2.79. The van der Waals surface area contributed by atoms with E-state index in [0.717, 1.165) is 11.3 Å². The summed E-state index contributed by atoms with van der Waals surface area (Å²) >= 11 is 0. The van der Waals surface area contributed by atoms with Crippen LogP contribution in [-0.4, -0.2) is 46.0 Å². The lowest BCUT2D eigenvalue weighted by Crippen LogP contribution is -2.51. The van der Waals surface area contributed by atoms with Gasteiger partial charge in [-0.05, 0) is 33.8 Å². The van der Waals surface area contributed by atoms with Crippen LogP contribution < -0.4 is 0 Å². The minimum atomic E-state index is -0.912. The zero-order chi connectivity index (χ0) is 16.2. The molecule has 0 saturated heterocycles. The predicted molar refractivity (Wildman–Crippen MR) is 79.0 cm³/mol. The number of rotatable bonds is 5. The van der Waals surface area contributed by atoms with Crippen LogP contribution in [0.1, 0.15) is 38.5 Å². The molecule has 0 spiro atoms. The Morgan fingerprint density at radius 3 is 2.38 bits per heavy atom.